The molecule has 1 N–H and O–H groups in total. The van der Waals surface area contributed by atoms with Gasteiger partial charge in [-0.25, -0.2) is 0 Å². The smallest absolute Gasteiger partial charge is 0.264 e. The molecule has 2 aromatic carbocycles. The molecule has 1 atom stereocenters. The van der Waals surface area contributed by atoms with E-state index in [1.54, 1.807) is 24.3 Å². The fourth-order valence-corrected chi connectivity index (χ4v) is 3.94. The molecule has 8 nitrogen and oxygen atoms in total. The van der Waals surface area contributed by atoms with Crippen molar-refractivity contribution in [2.75, 3.05) is 13.7 Å². The minimum Gasteiger partial charge on any atom is -0.505 e. The van der Waals surface area contributed by atoms with Crippen LogP contribution in [0.2, 0.25) is 5.02 Å². The summed E-state index contributed by atoms with van der Waals surface area (Å²) in [6.45, 7) is 2.04. The number of imide groups is 1. The van der Waals surface area contributed by atoms with Crippen molar-refractivity contribution in [1.82, 2.24) is 4.90 Å². The lowest BCUT2D eigenvalue weighted by Gasteiger charge is -2.24. The van der Waals surface area contributed by atoms with Crippen molar-refractivity contribution in [3.05, 3.63) is 69.4 Å². The fraction of sp³-hybridized carbons (Fsp3) is 0.227. The summed E-state index contributed by atoms with van der Waals surface area (Å²) in [6.07, 6.45) is 0.511. The van der Waals surface area contributed by atoms with Gasteiger partial charge in [0.1, 0.15) is 5.69 Å². The Bertz CT molecular complexity index is 1190. The first kappa shape index (κ1) is 20.9. The Hall–Kier alpha value is -3.36. The SMILES string of the molecule is CCC(COC)N1C(=O)c2ccc(Cl)c(N=NC3=C(O)c4ccccc4C3=O)c2C1=O. The average Bonchev–Trinajstić information content (AvgIpc) is 3.16. The molecule has 0 bridgehead atoms. The number of benzene rings is 2. The number of Topliss-reactive ketones (excluding diaryl/α,β-unsaturated/α-hetero) is 1. The number of fused-ring (bicyclic) bond motifs is 2. The molecule has 0 spiro atoms. The minimum atomic E-state index is -0.556. The molecule has 31 heavy (non-hydrogen) atoms. The Labute approximate surface area is 182 Å². The second-order valence-electron chi connectivity index (χ2n) is 7.09. The van der Waals surface area contributed by atoms with Crippen LogP contribution in [-0.2, 0) is 4.74 Å². The van der Waals surface area contributed by atoms with Gasteiger partial charge in [0.05, 0.1) is 28.8 Å². The Balaban J connectivity index is 1.75. The monoisotopic (exact) mass is 439 g/mol. The van der Waals surface area contributed by atoms with Crippen LogP contribution in [0.3, 0.4) is 0 Å². The molecule has 2 aromatic rings. The van der Waals surface area contributed by atoms with Crippen LogP contribution in [0.15, 0.2) is 52.3 Å². The maximum Gasteiger partial charge on any atom is 0.264 e. The fourth-order valence-electron chi connectivity index (χ4n) is 3.74. The summed E-state index contributed by atoms with van der Waals surface area (Å²) in [5, 5.41) is 18.4. The van der Waals surface area contributed by atoms with Crippen LogP contribution in [0.4, 0.5) is 5.69 Å². The first-order valence-corrected chi connectivity index (χ1v) is 9.96. The van der Waals surface area contributed by atoms with Gasteiger partial charge in [-0.2, -0.15) is 0 Å². The van der Waals surface area contributed by atoms with Gasteiger partial charge in [0.25, 0.3) is 11.8 Å². The molecule has 0 fully saturated rings. The van der Waals surface area contributed by atoms with Crippen molar-refractivity contribution in [3.63, 3.8) is 0 Å². The van der Waals surface area contributed by atoms with Gasteiger partial charge in [-0.3, -0.25) is 19.3 Å². The molecule has 1 unspecified atom stereocenters. The number of methoxy groups -OCH3 is 1. The quantitative estimate of drug-likeness (QED) is 0.524. The van der Waals surface area contributed by atoms with E-state index in [9.17, 15) is 19.5 Å². The topological polar surface area (TPSA) is 109 Å². The standard InChI is InChI=1S/C22H18ClN3O5/c1-3-11(10-31-2)26-21(29)14-8-9-15(23)17(16(14)22(26)30)24-25-18-19(27)12-6-4-5-7-13(12)20(18)28/h4-9,11,27H,3,10H2,1-2H3. The third-order valence-corrected chi connectivity index (χ3v) is 5.63. The summed E-state index contributed by atoms with van der Waals surface area (Å²) >= 11 is 6.27. The Morgan fingerprint density at radius 1 is 1.03 bits per heavy atom. The highest BCUT2D eigenvalue weighted by atomic mass is 35.5. The number of ketones is 1. The lowest BCUT2D eigenvalue weighted by Crippen LogP contribution is -2.42. The molecule has 2 aliphatic rings. The van der Waals surface area contributed by atoms with E-state index in [0.717, 1.165) is 4.90 Å². The van der Waals surface area contributed by atoms with E-state index in [2.05, 4.69) is 10.2 Å². The van der Waals surface area contributed by atoms with Gasteiger partial charge in [-0.05, 0) is 18.6 Å². The van der Waals surface area contributed by atoms with Gasteiger partial charge in [0.15, 0.2) is 11.5 Å². The first-order valence-electron chi connectivity index (χ1n) is 9.59. The summed E-state index contributed by atoms with van der Waals surface area (Å²) < 4.78 is 5.14. The van der Waals surface area contributed by atoms with Crippen LogP contribution in [0.5, 0.6) is 0 Å². The number of allylic oxidation sites excluding steroid dienone is 1. The van der Waals surface area contributed by atoms with Gasteiger partial charge in [0.2, 0.25) is 5.78 Å². The third kappa shape index (κ3) is 3.24. The maximum absolute atomic E-state index is 13.1. The molecule has 0 radical (unpaired) electrons. The summed E-state index contributed by atoms with van der Waals surface area (Å²) in [6, 6.07) is 8.99. The molecule has 1 heterocycles. The number of carbonyl (C=O) groups is 3. The van der Waals surface area contributed by atoms with Crippen LogP contribution in [-0.4, -0.2) is 47.4 Å². The van der Waals surface area contributed by atoms with E-state index in [-0.39, 0.29) is 39.9 Å². The normalized spacial score (nSPS) is 16.5. The van der Waals surface area contributed by atoms with Gasteiger partial charge < -0.3 is 9.84 Å². The van der Waals surface area contributed by atoms with Crippen LogP contribution >= 0.6 is 11.6 Å². The molecule has 158 valence electrons. The molecular weight excluding hydrogens is 422 g/mol. The highest BCUT2D eigenvalue weighted by molar-refractivity contribution is 6.35. The van der Waals surface area contributed by atoms with Crippen molar-refractivity contribution in [2.45, 2.75) is 19.4 Å². The molecule has 0 saturated carbocycles. The highest BCUT2D eigenvalue weighted by Crippen LogP contribution is 2.39. The van der Waals surface area contributed by atoms with Crippen LogP contribution in [0.1, 0.15) is 50.0 Å². The number of hydrogen-bond acceptors (Lipinski definition) is 7. The van der Waals surface area contributed by atoms with Crippen molar-refractivity contribution < 1.29 is 24.2 Å². The number of amides is 2. The van der Waals surface area contributed by atoms with Crippen LogP contribution in [0.25, 0.3) is 5.76 Å². The second kappa shape index (κ2) is 8.05. The zero-order chi connectivity index (χ0) is 22.3. The predicted octanol–water partition coefficient (Wildman–Crippen LogP) is 4.57. The summed E-state index contributed by atoms with van der Waals surface area (Å²) in [5.41, 5.74) is 0.538. The Morgan fingerprint density at radius 2 is 1.74 bits per heavy atom. The molecule has 1 aliphatic heterocycles. The van der Waals surface area contributed by atoms with Gasteiger partial charge >= 0.3 is 0 Å². The number of hydrogen-bond donors (Lipinski definition) is 1. The minimum absolute atomic E-state index is 0.0128. The molecule has 4 rings (SSSR count). The number of rotatable bonds is 6. The van der Waals surface area contributed by atoms with Crippen molar-refractivity contribution in [1.29, 1.82) is 0 Å². The first-order chi connectivity index (χ1) is 14.9. The Kier molecular flexibility index (Phi) is 5.43. The van der Waals surface area contributed by atoms with Gasteiger partial charge in [-0.1, -0.05) is 42.8 Å². The van der Waals surface area contributed by atoms with E-state index in [1.165, 1.54) is 19.2 Å². The molecular formula is C22H18ClN3O5. The lowest BCUT2D eigenvalue weighted by atomic mass is 10.1. The number of ether oxygens (including phenoxy) is 1. The molecule has 9 heteroatoms. The number of aliphatic hydroxyl groups is 1. The third-order valence-electron chi connectivity index (χ3n) is 5.32. The van der Waals surface area contributed by atoms with Gasteiger partial charge in [-0.15, -0.1) is 10.2 Å². The van der Waals surface area contributed by atoms with Crippen molar-refractivity contribution in [3.8, 4) is 0 Å². The largest absolute Gasteiger partial charge is 0.505 e. The Morgan fingerprint density at radius 3 is 2.39 bits per heavy atom. The maximum atomic E-state index is 13.1. The number of halogens is 1. The lowest BCUT2D eigenvalue weighted by molar-refractivity contribution is 0.0466. The predicted molar refractivity (Wildman–Crippen MR) is 113 cm³/mol. The number of nitrogens with zero attached hydrogens (tertiary/aromatic N) is 3. The molecule has 0 saturated heterocycles. The summed E-state index contributed by atoms with van der Waals surface area (Å²) in [5.74, 6) is -1.82. The van der Waals surface area contributed by atoms with E-state index in [4.69, 9.17) is 16.3 Å². The molecule has 1 aliphatic carbocycles. The molecule has 0 aromatic heterocycles. The zero-order valence-corrected chi connectivity index (χ0v) is 17.5. The highest BCUT2D eigenvalue weighted by Gasteiger charge is 2.42. The van der Waals surface area contributed by atoms with E-state index >= 15 is 0 Å². The number of aliphatic hydroxyl groups excluding tert-OH is 1. The van der Waals surface area contributed by atoms with Crippen LogP contribution in [0, 0.1) is 0 Å². The average molecular weight is 440 g/mol. The van der Waals surface area contributed by atoms with E-state index in [1.807, 2.05) is 6.92 Å². The van der Waals surface area contributed by atoms with Crippen molar-refractivity contribution >= 4 is 40.6 Å². The second-order valence-corrected chi connectivity index (χ2v) is 7.50. The van der Waals surface area contributed by atoms with E-state index in [0.29, 0.717) is 17.5 Å². The number of azo groups is 1. The number of carbonyl (C=O) groups excluding carboxylic acids is 3. The van der Waals surface area contributed by atoms with Gasteiger partial charge in [0, 0.05) is 18.2 Å². The zero-order valence-electron chi connectivity index (χ0n) is 16.8. The van der Waals surface area contributed by atoms with Crippen LogP contribution < -0.4 is 0 Å². The van der Waals surface area contributed by atoms with Crippen molar-refractivity contribution in [2.24, 2.45) is 10.2 Å². The summed E-state index contributed by atoms with van der Waals surface area (Å²) in [7, 11) is 1.49. The molecule has 2 amide bonds. The summed E-state index contributed by atoms with van der Waals surface area (Å²) in [4.78, 5) is 39.7. The van der Waals surface area contributed by atoms with E-state index < -0.39 is 23.6 Å².